The van der Waals surface area contributed by atoms with Gasteiger partial charge in [-0.3, -0.25) is 14.2 Å². The van der Waals surface area contributed by atoms with Crippen molar-refractivity contribution in [3.63, 3.8) is 0 Å². The van der Waals surface area contributed by atoms with Crippen molar-refractivity contribution in [2.45, 2.75) is 26.5 Å². The third kappa shape index (κ3) is 5.41. The third-order valence-corrected chi connectivity index (χ3v) is 8.81. The fraction of sp³-hybridized carbons (Fsp3) is 0.167. The number of nitrogens with zero attached hydrogens (tertiary/aromatic N) is 3. The van der Waals surface area contributed by atoms with Gasteiger partial charge in [-0.2, -0.15) is 5.26 Å². The Kier molecular flexibility index (Phi) is 8.07. The van der Waals surface area contributed by atoms with Crippen LogP contribution in [0.1, 0.15) is 42.1 Å². The second kappa shape index (κ2) is 12.3. The highest BCUT2D eigenvalue weighted by Gasteiger charge is 2.33. The second-order valence-electron chi connectivity index (χ2n) is 10.5. The van der Waals surface area contributed by atoms with Gasteiger partial charge in [-0.15, -0.1) is 0 Å². The van der Waals surface area contributed by atoms with Crippen molar-refractivity contribution < 1.29 is 19.0 Å². The molecule has 9 heteroatoms. The Labute approximate surface area is 263 Å². The monoisotopic (exact) mass is 615 g/mol. The summed E-state index contributed by atoms with van der Waals surface area (Å²) in [6.07, 6.45) is 1.78. The molecule has 0 amide bonds. The number of fused-ring (bicyclic) bond motifs is 2. The highest BCUT2D eigenvalue weighted by Crippen LogP contribution is 2.40. The van der Waals surface area contributed by atoms with E-state index in [1.54, 1.807) is 50.0 Å². The number of thiazole rings is 1. The molecule has 0 bridgehead atoms. The molecule has 0 saturated heterocycles. The molecular formula is C36H29N3O5S. The van der Waals surface area contributed by atoms with Crippen molar-refractivity contribution in [1.82, 2.24) is 4.57 Å². The molecule has 5 aromatic rings. The largest absolute Gasteiger partial charge is 0.496 e. The number of ether oxygens (including phenoxy) is 3. The fourth-order valence-corrected chi connectivity index (χ4v) is 6.78. The van der Waals surface area contributed by atoms with E-state index in [0.29, 0.717) is 43.4 Å². The lowest BCUT2D eigenvalue weighted by molar-refractivity contribution is -0.114. The van der Waals surface area contributed by atoms with Gasteiger partial charge in [0.2, 0.25) is 0 Å². The lowest BCUT2D eigenvalue weighted by atomic mass is 9.89. The number of carbonyl (C=O) groups excluding carboxylic acids is 1. The van der Waals surface area contributed by atoms with E-state index in [0.717, 1.165) is 27.5 Å². The first-order valence-electron chi connectivity index (χ1n) is 14.2. The van der Waals surface area contributed by atoms with Gasteiger partial charge in [0.25, 0.3) is 5.56 Å². The van der Waals surface area contributed by atoms with Crippen molar-refractivity contribution in [3.05, 3.63) is 132 Å². The van der Waals surface area contributed by atoms with Crippen LogP contribution in [0.4, 0.5) is 0 Å². The number of nitriles is 1. The molecule has 0 radical (unpaired) electrons. The van der Waals surface area contributed by atoms with Crippen LogP contribution in [0.5, 0.6) is 17.2 Å². The molecule has 4 aromatic carbocycles. The normalized spacial score (nSPS) is 14.5. The van der Waals surface area contributed by atoms with E-state index in [1.807, 2.05) is 60.7 Å². The molecule has 224 valence electrons. The Balaban J connectivity index is 1.46. The molecule has 0 spiro atoms. The minimum atomic E-state index is -0.719. The van der Waals surface area contributed by atoms with Gasteiger partial charge in [-0.05, 0) is 60.5 Å². The second-order valence-corrected chi connectivity index (χ2v) is 11.5. The maximum atomic E-state index is 14.2. The van der Waals surface area contributed by atoms with Gasteiger partial charge in [-0.25, -0.2) is 4.99 Å². The van der Waals surface area contributed by atoms with E-state index in [9.17, 15) is 14.9 Å². The van der Waals surface area contributed by atoms with Crippen molar-refractivity contribution >= 4 is 34.0 Å². The zero-order chi connectivity index (χ0) is 31.7. The molecule has 0 saturated carbocycles. The summed E-state index contributed by atoms with van der Waals surface area (Å²) in [5, 5.41) is 11.3. The molecule has 0 fully saturated rings. The summed E-state index contributed by atoms with van der Waals surface area (Å²) >= 11 is 1.26. The van der Waals surface area contributed by atoms with Crippen LogP contribution in [-0.2, 0) is 11.4 Å². The zero-order valence-electron chi connectivity index (χ0n) is 25.2. The number of rotatable bonds is 8. The van der Waals surface area contributed by atoms with Crippen LogP contribution < -0.4 is 29.1 Å². The van der Waals surface area contributed by atoms with Crippen LogP contribution in [0.25, 0.3) is 16.8 Å². The van der Waals surface area contributed by atoms with Crippen LogP contribution in [0.2, 0.25) is 0 Å². The van der Waals surface area contributed by atoms with Crippen molar-refractivity contribution in [3.8, 4) is 23.3 Å². The number of ketones is 1. The maximum Gasteiger partial charge on any atom is 0.271 e. The summed E-state index contributed by atoms with van der Waals surface area (Å²) in [5.41, 5.74) is 3.53. The average molecular weight is 616 g/mol. The van der Waals surface area contributed by atoms with Crippen molar-refractivity contribution in [1.29, 1.82) is 5.26 Å². The third-order valence-electron chi connectivity index (χ3n) is 7.83. The van der Waals surface area contributed by atoms with E-state index < -0.39 is 6.04 Å². The van der Waals surface area contributed by atoms with Gasteiger partial charge >= 0.3 is 0 Å². The number of hydrogen-bond donors (Lipinski definition) is 0. The van der Waals surface area contributed by atoms with Crippen LogP contribution in [0.3, 0.4) is 0 Å². The Morgan fingerprint density at radius 3 is 2.49 bits per heavy atom. The highest BCUT2D eigenvalue weighted by atomic mass is 32.1. The van der Waals surface area contributed by atoms with Gasteiger partial charge < -0.3 is 14.2 Å². The minimum Gasteiger partial charge on any atom is -0.496 e. The van der Waals surface area contributed by atoms with E-state index in [1.165, 1.54) is 18.3 Å². The predicted octanol–water partition coefficient (Wildman–Crippen LogP) is 5.45. The summed E-state index contributed by atoms with van der Waals surface area (Å²) < 4.78 is 19.5. The predicted molar refractivity (Wildman–Crippen MR) is 173 cm³/mol. The number of Topliss-reactive ketones (excluding diaryl/α,β-unsaturated/α-hetero) is 1. The number of allylic oxidation sites excluding steroid dienone is 2. The van der Waals surface area contributed by atoms with Gasteiger partial charge in [-0.1, -0.05) is 65.9 Å². The zero-order valence-corrected chi connectivity index (χ0v) is 26.0. The number of carbonyl (C=O) groups is 1. The number of methoxy groups -OCH3 is 2. The molecule has 1 aliphatic heterocycles. The van der Waals surface area contributed by atoms with E-state index in [-0.39, 0.29) is 17.9 Å². The van der Waals surface area contributed by atoms with Gasteiger partial charge in [0.15, 0.2) is 22.1 Å². The molecule has 0 aliphatic carbocycles. The lowest BCUT2D eigenvalue weighted by Gasteiger charge is -2.27. The number of aromatic nitrogens is 1. The lowest BCUT2D eigenvalue weighted by Crippen LogP contribution is -2.39. The van der Waals surface area contributed by atoms with E-state index >= 15 is 0 Å². The van der Waals surface area contributed by atoms with Crippen molar-refractivity contribution in [2.24, 2.45) is 4.99 Å². The molecule has 45 heavy (non-hydrogen) atoms. The first-order valence-corrected chi connectivity index (χ1v) is 15.0. The van der Waals surface area contributed by atoms with Crippen LogP contribution in [0, 0.1) is 11.3 Å². The first kappa shape index (κ1) is 29.6. The molecule has 0 N–H and O–H groups in total. The Hall–Kier alpha value is -5.46. The summed E-state index contributed by atoms with van der Waals surface area (Å²) in [4.78, 5) is 32.5. The molecule has 1 aliphatic rings. The molecule has 0 unspecified atom stereocenters. The molecular weight excluding hydrogens is 586 g/mol. The quantitative estimate of drug-likeness (QED) is 0.230. The van der Waals surface area contributed by atoms with E-state index in [2.05, 4.69) is 6.07 Å². The highest BCUT2D eigenvalue weighted by molar-refractivity contribution is 7.07. The standard InChI is InChI=1S/C36H29N3O5S/c1-21-32(22(2)40)34(33-27-12-8-7-9-24(27)14-16-29(33)42-3)39-35(41)31(45-36(39)38-21)18-23-13-15-28(30(17-23)43-4)44-20-26-11-6-5-10-25(26)19-37/h5-18,34H,20H2,1-4H3/b31-18+/t34-/m1/s1. The topological polar surface area (TPSA) is 103 Å². The Morgan fingerprint density at radius 1 is 1.00 bits per heavy atom. The summed E-state index contributed by atoms with van der Waals surface area (Å²) in [6, 6.07) is 25.8. The number of hydrogen-bond acceptors (Lipinski definition) is 8. The average Bonchev–Trinajstić information content (AvgIpc) is 3.36. The summed E-state index contributed by atoms with van der Waals surface area (Å²) in [6.45, 7) is 3.51. The first-order chi connectivity index (χ1) is 21.8. The molecule has 2 heterocycles. The molecule has 6 rings (SSSR count). The SMILES string of the molecule is COc1cc(/C=c2/sc3n(c2=O)[C@@H](c2c(OC)ccc4ccccc24)C(C(C)=O)=C(C)N=3)ccc1OCc1ccccc1C#N. The molecule has 1 aromatic heterocycles. The van der Waals surface area contributed by atoms with E-state index in [4.69, 9.17) is 19.2 Å². The smallest absolute Gasteiger partial charge is 0.271 e. The summed E-state index contributed by atoms with van der Waals surface area (Å²) in [7, 11) is 3.14. The number of benzene rings is 4. The van der Waals surface area contributed by atoms with Gasteiger partial charge in [0.1, 0.15) is 12.4 Å². The van der Waals surface area contributed by atoms with Gasteiger partial charge in [0.05, 0.1) is 36.4 Å². The van der Waals surface area contributed by atoms with Crippen LogP contribution in [-0.4, -0.2) is 24.6 Å². The van der Waals surface area contributed by atoms with Gasteiger partial charge in [0, 0.05) is 22.4 Å². The minimum absolute atomic E-state index is 0.164. The molecule has 8 nitrogen and oxygen atoms in total. The van der Waals surface area contributed by atoms with Crippen LogP contribution in [0.15, 0.2) is 99.9 Å². The summed E-state index contributed by atoms with van der Waals surface area (Å²) in [5.74, 6) is 1.41. The van der Waals surface area contributed by atoms with Crippen molar-refractivity contribution in [2.75, 3.05) is 14.2 Å². The Bertz CT molecular complexity index is 2240. The molecule has 1 atom stereocenters. The van der Waals surface area contributed by atoms with Crippen LogP contribution >= 0.6 is 11.3 Å². The fourth-order valence-electron chi connectivity index (χ4n) is 5.73. The Morgan fingerprint density at radius 2 is 1.73 bits per heavy atom. The maximum absolute atomic E-state index is 14.2.